The monoisotopic (exact) mass is 258 g/mol. The minimum atomic E-state index is 0.952. The number of fused-ring (bicyclic) bond motifs is 2. The molecule has 0 saturated heterocycles. The van der Waals surface area contributed by atoms with Crippen LogP contribution in [0.25, 0.3) is 32.9 Å². The molecule has 2 heteroatoms. The van der Waals surface area contributed by atoms with Crippen LogP contribution in [0.3, 0.4) is 0 Å². The van der Waals surface area contributed by atoms with E-state index in [2.05, 4.69) is 65.4 Å². The Hall–Kier alpha value is -2.61. The van der Waals surface area contributed by atoms with Gasteiger partial charge in [0.25, 0.3) is 0 Å². The fourth-order valence-electron chi connectivity index (χ4n) is 2.94. The Morgan fingerprint density at radius 1 is 0.850 bits per heavy atom. The summed E-state index contributed by atoms with van der Waals surface area (Å²) in [4.78, 5) is 7.79. The number of H-pyrrole nitrogens is 1. The third-order valence-corrected chi connectivity index (χ3v) is 3.82. The smallest absolute Gasteiger partial charge is 0.138 e. The lowest BCUT2D eigenvalue weighted by atomic mass is 9.97. The van der Waals surface area contributed by atoms with Crippen molar-refractivity contribution < 1.29 is 0 Å². The number of benzene rings is 2. The molecule has 0 saturated carbocycles. The summed E-state index contributed by atoms with van der Waals surface area (Å²) in [5, 5.41) is 3.73. The first-order chi connectivity index (χ1) is 9.84. The van der Waals surface area contributed by atoms with Crippen LogP contribution in [0.15, 0.2) is 60.8 Å². The number of nitrogens with zero attached hydrogens (tertiary/aromatic N) is 1. The number of aromatic nitrogens is 2. The molecule has 0 aliphatic rings. The Bertz CT molecular complexity index is 914. The minimum Gasteiger partial charge on any atom is -0.343 e. The summed E-state index contributed by atoms with van der Waals surface area (Å²) >= 11 is 0. The molecular formula is C18H14N2. The summed E-state index contributed by atoms with van der Waals surface area (Å²) < 4.78 is 0. The Morgan fingerprint density at radius 3 is 2.60 bits per heavy atom. The average molecular weight is 258 g/mol. The van der Waals surface area contributed by atoms with Gasteiger partial charge >= 0.3 is 0 Å². The fraction of sp³-hybridized carbons (Fsp3) is 0.0556. The Morgan fingerprint density at radius 2 is 1.65 bits per heavy atom. The number of nitrogens with one attached hydrogen (secondary N) is 1. The van der Waals surface area contributed by atoms with Crippen molar-refractivity contribution in [3.8, 4) is 11.1 Å². The highest BCUT2D eigenvalue weighted by atomic mass is 14.9. The molecular weight excluding hydrogens is 244 g/mol. The quantitative estimate of drug-likeness (QED) is 0.527. The second-order valence-corrected chi connectivity index (χ2v) is 5.05. The van der Waals surface area contributed by atoms with Gasteiger partial charge in [-0.2, -0.15) is 0 Å². The molecule has 2 nitrogen and oxygen atoms in total. The molecule has 0 amide bonds. The average Bonchev–Trinajstić information content (AvgIpc) is 2.82. The normalized spacial score (nSPS) is 11.2. The zero-order valence-corrected chi connectivity index (χ0v) is 11.2. The molecule has 96 valence electrons. The van der Waals surface area contributed by atoms with E-state index < -0.39 is 0 Å². The first-order valence-electron chi connectivity index (χ1n) is 6.76. The van der Waals surface area contributed by atoms with Gasteiger partial charge in [0.2, 0.25) is 0 Å². The molecule has 0 aliphatic carbocycles. The van der Waals surface area contributed by atoms with Gasteiger partial charge in [0, 0.05) is 22.8 Å². The van der Waals surface area contributed by atoms with Crippen LogP contribution in [0.1, 0.15) is 5.69 Å². The predicted octanol–water partition coefficient (Wildman–Crippen LogP) is 4.69. The van der Waals surface area contributed by atoms with Crippen LogP contribution in [0.2, 0.25) is 0 Å². The topological polar surface area (TPSA) is 28.7 Å². The van der Waals surface area contributed by atoms with Crippen LogP contribution in [0.5, 0.6) is 0 Å². The second kappa shape index (κ2) is 4.20. The molecule has 0 aliphatic heterocycles. The molecule has 0 atom stereocenters. The van der Waals surface area contributed by atoms with Gasteiger partial charge in [0.1, 0.15) is 5.65 Å². The third kappa shape index (κ3) is 1.55. The SMILES string of the molecule is Cc1[nH]c2ncccc2c1-c1cccc2ccccc12. The Labute approximate surface area is 117 Å². The highest BCUT2D eigenvalue weighted by Gasteiger charge is 2.12. The van der Waals surface area contributed by atoms with Gasteiger partial charge in [-0.25, -0.2) is 4.98 Å². The minimum absolute atomic E-state index is 0.952. The molecule has 1 N–H and O–H groups in total. The van der Waals surface area contributed by atoms with Crippen molar-refractivity contribution in [3.05, 3.63) is 66.5 Å². The first kappa shape index (κ1) is 11.2. The molecule has 2 aromatic heterocycles. The number of hydrogen-bond acceptors (Lipinski definition) is 1. The number of rotatable bonds is 1. The van der Waals surface area contributed by atoms with E-state index in [4.69, 9.17) is 0 Å². The van der Waals surface area contributed by atoms with Gasteiger partial charge in [0.05, 0.1) is 0 Å². The largest absolute Gasteiger partial charge is 0.343 e. The van der Waals surface area contributed by atoms with Gasteiger partial charge in [-0.3, -0.25) is 0 Å². The van der Waals surface area contributed by atoms with Gasteiger partial charge in [0.15, 0.2) is 0 Å². The fourth-order valence-corrected chi connectivity index (χ4v) is 2.94. The number of aryl methyl sites for hydroxylation is 1. The molecule has 20 heavy (non-hydrogen) atoms. The zero-order valence-electron chi connectivity index (χ0n) is 11.2. The molecule has 4 rings (SSSR count). The van der Waals surface area contributed by atoms with Crippen molar-refractivity contribution in [1.82, 2.24) is 9.97 Å². The van der Waals surface area contributed by atoms with E-state index in [1.54, 1.807) is 0 Å². The van der Waals surface area contributed by atoms with E-state index in [0.717, 1.165) is 11.3 Å². The maximum atomic E-state index is 4.41. The van der Waals surface area contributed by atoms with Gasteiger partial charge in [-0.15, -0.1) is 0 Å². The standard InChI is InChI=1S/C18H14N2/c1-12-17(16-10-5-11-19-18(16)20-12)15-9-4-7-13-6-2-3-8-14(13)15/h2-11H,1H3,(H,19,20). The van der Waals surface area contributed by atoms with Crippen molar-refractivity contribution >= 4 is 21.8 Å². The summed E-state index contributed by atoms with van der Waals surface area (Å²) in [5.41, 5.74) is 4.63. The summed E-state index contributed by atoms with van der Waals surface area (Å²) in [5.74, 6) is 0. The number of hydrogen-bond donors (Lipinski definition) is 1. The van der Waals surface area contributed by atoms with E-state index in [-0.39, 0.29) is 0 Å². The van der Waals surface area contributed by atoms with Crippen LogP contribution >= 0.6 is 0 Å². The van der Waals surface area contributed by atoms with Gasteiger partial charge in [-0.1, -0.05) is 42.5 Å². The van der Waals surface area contributed by atoms with Crippen LogP contribution in [-0.4, -0.2) is 9.97 Å². The molecule has 0 unspecified atom stereocenters. The molecule has 0 fully saturated rings. The van der Waals surface area contributed by atoms with Crippen molar-refractivity contribution in [2.75, 3.05) is 0 Å². The summed E-state index contributed by atoms with van der Waals surface area (Å²) in [6.45, 7) is 2.11. The van der Waals surface area contributed by atoms with E-state index in [0.29, 0.717) is 0 Å². The second-order valence-electron chi connectivity index (χ2n) is 5.05. The molecule has 2 aromatic carbocycles. The molecule has 0 bridgehead atoms. The molecule has 0 spiro atoms. The van der Waals surface area contributed by atoms with Gasteiger partial charge in [-0.05, 0) is 35.4 Å². The van der Waals surface area contributed by atoms with Crippen molar-refractivity contribution in [3.63, 3.8) is 0 Å². The van der Waals surface area contributed by atoms with Crippen LogP contribution < -0.4 is 0 Å². The predicted molar refractivity (Wildman–Crippen MR) is 83.8 cm³/mol. The lowest BCUT2D eigenvalue weighted by Crippen LogP contribution is -1.82. The summed E-state index contributed by atoms with van der Waals surface area (Å²) in [6, 6.07) is 19.1. The number of pyridine rings is 1. The molecule has 2 heterocycles. The highest BCUT2D eigenvalue weighted by Crippen LogP contribution is 2.35. The summed E-state index contributed by atoms with van der Waals surface area (Å²) in [6.07, 6.45) is 1.82. The summed E-state index contributed by atoms with van der Waals surface area (Å²) in [7, 11) is 0. The number of aromatic amines is 1. The van der Waals surface area contributed by atoms with E-state index >= 15 is 0 Å². The maximum Gasteiger partial charge on any atom is 0.138 e. The third-order valence-electron chi connectivity index (χ3n) is 3.82. The molecule has 4 aromatic rings. The highest BCUT2D eigenvalue weighted by molar-refractivity contribution is 6.05. The lowest BCUT2D eigenvalue weighted by Gasteiger charge is -2.07. The molecule has 0 radical (unpaired) electrons. The van der Waals surface area contributed by atoms with Crippen molar-refractivity contribution in [2.45, 2.75) is 6.92 Å². The Kier molecular flexibility index (Phi) is 2.36. The van der Waals surface area contributed by atoms with E-state index in [1.807, 2.05) is 12.3 Å². The van der Waals surface area contributed by atoms with Crippen LogP contribution in [0, 0.1) is 6.92 Å². The van der Waals surface area contributed by atoms with E-state index in [1.165, 1.54) is 27.3 Å². The van der Waals surface area contributed by atoms with Gasteiger partial charge < -0.3 is 4.98 Å². The van der Waals surface area contributed by atoms with Crippen LogP contribution in [-0.2, 0) is 0 Å². The van der Waals surface area contributed by atoms with Crippen LogP contribution in [0.4, 0.5) is 0 Å². The van der Waals surface area contributed by atoms with Crippen molar-refractivity contribution in [1.29, 1.82) is 0 Å². The lowest BCUT2D eigenvalue weighted by molar-refractivity contribution is 1.25. The zero-order chi connectivity index (χ0) is 13.5. The Balaban J connectivity index is 2.14. The van der Waals surface area contributed by atoms with Crippen molar-refractivity contribution in [2.24, 2.45) is 0 Å². The van der Waals surface area contributed by atoms with E-state index in [9.17, 15) is 0 Å². The maximum absolute atomic E-state index is 4.41. The first-order valence-corrected chi connectivity index (χ1v) is 6.76.